The molecule has 19 heavy (non-hydrogen) atoms. The highest BCUT2D eigenvalue weighted by molar-refractivity contribution is 6.31. The van der Waals surface area contributed by atoms with Gasteiger partial charge in [-0.1, -0.05) is 23.7 Å². The van der Waals surface area contributed by atoms with Gasteiger partial charge in [0, 0.05) is 17.8 Å². The van der Waals surface area contributed by atoms with Crippen LogP contribution in [0.25, 0.3) is 0 Å². The van der Waals surface area contributed by atoms with E-state index >= 15 is 0 Å². The van der Waals surface area contributed by atoms with Gasteiger partial charge in [0.05, 0.1) is 5.02 Å². The van der Waals surface area contributed by atoms with Gasteiger partial charge in [-0.3, -0.25) is 4.79 Å². The molecule has 0 aromatic heterocycles. The first kappa shape index (κ1) is 13.5. The van der Waals surface area contributed by atoms with Crippen LogP contribution in [-0.4, -0.2) is 5.91 Å². The van der Waals surface area contributed by atoms with Gasteiger partial charge in [0.15, 0.2) is 0 Å². The van der Waals surface area contributed by atoms with Gasteiger partial charge in [-0.25, -0.2) is 4.39 Å². The van der Waals surface area contributed by atoms with Crippen molar-refractivity contribution in [3.63, 3.8) is 0 Å². The molecule has 2 rings (SSSR count). The highest BCUT2D eigenvalue weighted by Crippen LogP contribution is 2.17. The van der Waals surface area contributed by atoms with Crippen molar-refractivity contribution < 1.29 is 9.18 Å². The molecule has 0 aliphatic heterocycles. The third-order valence-corrected chi connectivity index (χ3v) is 2.89. The molecule has 5 heteroatoms. The van der Waals surface area contributed by atoms with Gasteiger partial charge >= 0.3 is 0 Å². The third-order valence-electron chi connectivity index (χ3n) is 2.60. The predicted octanol–water partition coefficient (Wildman–Crippen LogP) is 3.19. The number of anilines is 1. The van der Waals surface area contributed by atoms with Gasteiger partial charge in [-0.2, -0.15) is 0 Å². The van der Waals surface area contributed by atoms with E-state index in [1.54, 1.807) is 18.2 Å². The monoisotopic (exact) mass is 278 g/mol. The number of carbonyl (C=O) groups excluding carboxylic acids is 1. The Kier molecular flexibility index (Phi) is 4.14. The second-order valence-corrected chi connectivity index (χ2v) is 4.39. The number of hydrogen-bond donors (Lipinski definition) is 2. The lowest BCUT2D eigenvalue weighted by Crippen LogP contribution is -2.12. The Morgan fingerprint density at radius 2 is 2.05 bits per heavy atom. The third kappa shape index (κ3) is 3.30. The number of halogens is 2. The van der Waals surface area contributed by atoms with Crippen molar-refractivity contribution in [3.8, 4) is 0 Å². The molecule has 0 bridgehead atoms. The summed E-state index contributed by atoms with van der Waals surface area (Å²) in [4.78, 5) is 12.0. The van der Waals surface area contributed by atoms with Crippen LogP contribution in [0.3, 0.4) is 0 Å². The Labute approximate surface area is 115 Å². The number of amides is 1. The molecule has 0 unspecified atom stereocenters. The zero-order valence-electron chi connectivity index (χ0n) is 9.99. The number of nitrogens with two attached hydrogens (primary N) is 1. The molecular formula is C14H12ClFN2O. The molecular weight excluding hydrogens is 267 g/mol. The van der Waals surface area contributed by atoms with E-state index in [-0.39, 0.29) is 10.9 Å². The molecule has 0 fully saturated rings. The molecule has 98 valence electrons. The van der Waals surface area contributed by atoms with Crippen molar-refractivity contribution in [1.29, 1.82) is 0 Å². The van der Waals surface area contributed by atoms with Gasteiger partial charge in [0.2, 0.25) is 0 Å². The number of carbonyl (C=O) groups is 1. The number of rotatable bonds is 3. The lowest BCUT2D eigenvalue weighted by Gasteiger charge is -2.07. The summed E-state index contributed by atoms with van der Waals surface area (Å²) in [5.74, 6) is -0.903. The number of nitrogens with one attached hydrogen (secondary N) is 1. The van der Waals surface area contributed by atoms with Crippen molar-refractivity contribution >= 4 is 23.2 Å². The molecule has 0 heterocycles. The van der Waals surface area contributed by atoms with Crippen LogP contribution in [0.1, 0.15) is 15.9 Å². The fourth-order valence-corrected chi connectivity index (χ4v) is 1.80. The maximum absolute atomic E-state index is 13.0. The first-order valence-corrected chi connectivity index (χ1v) is 6.03. The van der Waals surface area contributed by atoms with Crippen LogP contribution < -0.4 is 11.1 Å². The maximum atomic E-state index is 13.0. The average Bonchev–Trinajstić information content (AvgIpc) is 2.42. The summed E-state index contributed by atoms with van der Waals surface area (Å²) in [6.45, 7) is 0.395. The van der Waals surface area contributed by atoms with E-state index < -0.39 is 5.82 Å². The summed E-state index contributed by atoms with van der Waals surface area (Å²) in [7, 11) is 0. The number of benzene rings is 2. The minimum absolute atomic E-state index is 0.0802. The standard InChI is InChI=1S/C14H12ClFN2O/c15-12-7-10(4-5-13(12)16)14(19)18-11-3-1-2-9(6-11)8-17/h1-7H,8,17H2,(H,18,19). The van der Waals surface area contributed by atoms with E-state index in [9.17, 15) is 9.18 Å². The van der Waals surface area contributed by atoms with Crippen LogP contribution in [0.2, 0.25) is 5.02 Å². The average molecular weight is 279 g/mol. The van der Waals surface area contributed by atoms with E-state index in [0.717, 1.165) is 11.6 Å². The quantitative estimate of drug-likeness (QED) is 0.906. The molecule has 3 N–H and O–H groups in total. The topological polar surface area (TPSA) is 55.1 Å². The summed E-state index contributed by atoms with van der Waals surface area (Å²) < 4.78 is 13.0. The highest BCUT2D eigenvalue weighted by Gasteiger charge is 2.09. The van der Waals surface area contributed by atoms with Gasteiger partial charge in [0.1, 0.15) is 5.82 Å². The first-order valence-electron chi connectivity index (χ1n) is 5.65. The van der Waals surface area contributed by atoms with E-state index in [1.165, 1.54) is 12.1 Å². The second kappa shape index (κ2) is 5.82. The Bertz CT molecular complexity index is 616. The largest absolute Gasteiger partial charge is 0.326 e. The van der Waals surface area contributed by atoms with Crippen LogP contribution in [0.4, 0.5) is 10.1 Å². The van der Waals surface area contributed by atoms with Crippen LogP contribution >= 0.6 is 11.6 Å². The lowest BCUT2D eigenvalue weighted by molar-refractivity contribution is 0.102. The SMILES string of the molecule is NCc1cccc(NC(=O)c2ccc(F)c(Cl)c2)c1. The van der Waals surface area contributed by atoms with E-state index in [4.69, 9.17) is 17.3 Å². The van der Waals surface area contributed by atoms with Crippen molar-refractivity contribution in [2.24, 2.45) is 5.73 Å². The summed E-state index contributed by atoms with van der Waals surface area (Å²) >= 11 is 5.64. The minimum atomic E-state index is -0.552. The first-order chi connectivity index (χ1) is 9.10. The normalized spacial score (nSPS) is 10.3. The fourth-order valence-electron chi connectivity index (χ4n) is 1.62. The molecule has 0 radical (unpaired) electrons. The smallest absolute Gasteiger partial charge is 0.255 e. The molecule has 0 aliphatic rings. The summed E-state index contributed by atoms with van der Waals surface area (Å²) in [6.07, 6.45) is 0. The van der Waals surface area contributed by atoms with Gasteiger partial charge in [0.25, 0.3) is 5.91 Å². The molecule has 2 aromatic rings. The van der Waals surface area contributed by atoms with Crippen LogP contribution in [-0.2, 0) is 6.54 Å². The number of hydrogen-bond acceptors (Lipinski definition) is 2. The van der Waals surface area contributed by atoms with Gasteiger partial charge in [-0.05, 0) is 35.9 Å². The fraction of sp³-hybridized carbons (Fsp3) is 0.0714. The van der Waals surface area contributed by atoms with Crippen LogP contribution in [0, 0.1) is 5.82 Å². The van der Waals surface area contributed by atoms with Gasteiger partial charge in [-0.15, -0.1) is 0 Å². The molecule has 1 amide bonds. The summed E-state index contributed by atoms with van der Waals surface area (Å²) in [6, 6.07) is 11.0. The molecule has 2 aromatic carbocycles. The Balaban J connectivity index is 2.18. The Morgan fingerprint density at radius 1 is 1.26 bits per heavy atom. The molecule has 0 spiro atoms. The lowest BCUT2D eigenvalue weighted by atomic mass is 10.1. The van der Waals surface area contributed by atoms with Crippen molar-refractivity contribution in [1.82, 2.24) is 0 Å². The Hall–Kier alpha value is -1.91. The van der Waals surface area contributed by atoms with Crippen LogP contribution in [0.5, 0.6) is 0 Å². The summed E-state index contributed by atoms with van der Waals surface area (Å²) in [5, 5.41) is 2.62. The predicted molar refractivity (Wildman–Crippen MR) is 73.7 cm³/mol. The van der Waals surface area contributed by atoms with Gasteiger partial charge < -0.3 is 11.1 Å². The van der Waals surface area contributed by atoms with Crippen molar-refractivity contribution in [3.05, 3.63) is 64.4 Å². The highest BCUT2D eigenvalue weighted by atomic mass is 35.5. The van der Waals surface area contributed by atoms with Crippen LogP contribution in [0.15, 0.2) is 42.5 Å². The summed E-state index contributed by atoms with van der Waals surface area (Å²) in [5.41, 5.74) is 7.37. The van der Waals surface area contributed by atoms with E-state index in [2.05, 4.69) is 5.32 Å². The van der Waals surface area contributed by atoms with E-state index in [1.807, 2.05) is 6.07 Å². The zero-order chi connectivity index (χ0) is 13.8. The van der Waals surface area contributed by atoms with Crippen molar-refractivity contribution in [2.75, 3.05) is 5.32 Å². The maximum Gasteiger partial charge on any atom is 0.255 e. The Morgan fingerprint density at radius 3 is 2.74 bits per heavy atom. The van der Waals surface area contributed by atoms with E-state index in [0.29, 0.717) is 17.8 Å². The van der Waals surface area contributed by atoms with Crippen molar-refractivity contribution in [2.45, 2.75) is 6.54 Å². The molecule has 0 aliphatic carbocycles. The zero-order valence-corrected chi connectivity index (χ0v) is 10.7. The molecule has 0 saturated heterocycles. The minimum Gasteiger partial charge on any atom is -0.326 e. The molecule has 0 saturated carbocycles. The second-order valence-electron chi connectivity index (χ2n) is 3.99. The molecule has 0 atom stereocenters. The molecule has 3 nitrogen and oxygen atoms in total.